The molecular formula is C28H27N5O4S. The molecule has 0 saturated heterocycles. The molecule has 4 rings (SSSR count). The van der Waals surface area contributed by atoms with Gasteiger partial charge in [-0.1, -0.05) is 30.8 Å². The minimum Gasteiger partial charge on any atom is -0.497 e. The lowest BCUT2D eigenvalue weighted by Gasteiger charge is -2.16. The maximum absolute atomic E-state index is 13.1. The third kappa shape index (κ3) is 6.09. The first kappa shape index (κ1) is 26.6. The van der Waals surface area contributed by atoms with E-state index in [4.69, 9.17) is 20.2 Å². The molecule has 1 heterocycles. The molecule has 0 fully saturated rings. The number of thioether (sulfide) groups is 1. The lowest BCUT2D eigenvalue weighted by atomic mass is 10.0. The number of carbonyl (C=O) groups excluding carboxylic acids is 2. The van der Waals surface area contributed by atoms with Crippen molar-refractivity contribution in [3.8, 4) is 34.0 Å². The molecule has 10 heteroatoms. The van der Waals surface area contributed by atoms with Gasteiger partial charge in [0.1, 0.15) is 22.9 Å². The first-order valence-electron chi connectivity index (χ1n) is 11.8. The zero-order valence-electron chi connectivity index (χ0n) is 21.2. The van der Waals surface area contributed by atoms with Crippen LogP contribution in [0, 0.1) is 0 Å². The van der Waals surface area contributed by atoms with Crippen LogP contribution in [-0.4, -0.2) is 46.5 Å². The molecule has 1 aromatic heterocycles. The van der Waals surface area contributed by atoms with Crippen molar-refractivity contribution < 1.29 is 19.1 Å². The van der Waals surface area contributed by atoms with E-state index in [1.165, 1.54) is 11.8 Å². The standard InChI is InChI=1S/C28H27N5O4S/c1-4-23(27(35)30-22-8-6-5-7-21(22)26(29)34)38-28-31-24(17-9-13-19(36-2)14-10-17)25(32-33-28)18-11-15-20(37-3)16-12-18/h5-16,23H,4H2,1-3H3,(H2,29,34)(H,30,35). The fraction of sp³-hybridized carbons (Fsp3) is 0.179. The molecule has 0 aliphatic heterocycles. The van der Waals surface area contributed by atoms with Gasteiger partial charge in [0, 0.05) is 11.1 Å². The maximum atomic E-state index is 13.1. The van der Waals surface area contributed by atoms with E-state index in [0.717, 1.165) is 22.6 Å². The van der Waals surface area contributed by atoms with Crippen molar-refractivity contribution >= 4 is 29.3 Å². The molecule has 0 saturated carbocycles. The molecule has 3 N–H and O–H groups in total. The molecule has 38 heavy (non-hydrogen) atoms. The van der Waals surface area contributed by atoms with E-state index < -0.39 is 11.2 Å². The second-order valence-electron chi connectivity index (χ2n) is 8.16. The van der Waals surface area contributed by atoms with Crippen LogP contribution in [0.15, 0.2) is 78.0 Å². The molecule has 0 spiro atoms. The second kappa shape index (κ2) is 12.2. The predicted octanol–water partition coefficient (Wildman–Crippen LogP) is 4.83. The normalized spacial score (nSPS) is 11.4. The van der Waals surface area contributed by atoms with E-state index in [9.17, 15) is 9.59 Å². The Morgan fingerprint density at radius 1 is 0.868 bits per heavy atom. The zero-order valence-corrected chi connectivity index (χ0v) is 22.0. The molecule has 4 aromatic rings. The molecule has 194 valence electrons. The van der Waals surface area contributed by atoms with Crippen LogP contribution >= 0.6 is 11.8 Å². The average molecular weight is 530 g/mol. The lowest BCUT2D eigenvalue weighted by molar-refractivity contribution is -0.115. The van der Waals surface area contributed by atoms with Gasteiger partial charge in [0.2, 0.25) is 11.1 Å². The number of hydrogen-bond donors (Lipinski definition) is 2. The molecule has 2 amide bonds. The van der Waals surface area contributed by atoms with Crippen molar-refractivity contribution in [1.82, 2.24) is 15.2 Å². The minimum atomic E-state index is -0.618. The Hall–Kier alpha value is -4.44. The summed E-state index contributed by atoms with van der Waals surface area (Å²) in [5.41, 5.74) is 8.90. The average Bonchev–Trinajstić information content (AvgIpc) is 2.96. The number of carbonyl (C=O) groups is 2. The van der Waals surface area contributed by atoms with Crippen LogP contribution < -0.4 is 20.5 Å². The Labute approximate surface area is 224 Å². The summed E-state index contributed by atoms with van der Waals surface area (Å²) in [4.78, 5) is 29.7. The number of methoxy groups -OCH3 is 2. The van der Waals surface area contributed by atoms with E-state index in [1.807, 2.05) is 55.5 Å². The Morgan fingerprint density at radius 3 is 2.00 bits per heavy atom. The molecule has 1 atom stereocenters. The molecule has 9 nitrogen and oxygen atoms in total. The monoisotopic (exact) mass is 529 g/mol. The highest BCUT2D eigenvalue weighted by molar-refractivity contribution is 8.00. The molecule has 1 unspecified atom stereocenters. The highest BCUT2D eigenvalue weighted by Gasteiger charge is 2.23. The van der Waals surface area contributed by atoms with Gasteiger partial charge in [0.25, 0.3) is 5.91 Å². The molecular weight excluding hydrogens is 502 g/mol. The van der Waals surface area contributed by atoms with Crippen LogP contribution in [0.5, 0.6) is 11.5 Å². The number of amides is 2. The van der Waals surface area contributed by atoms with Crippen molar-refractivity contribution in [1.29, 1.82) is 0 Å². The largest absolute Gasteiger partial charge is 0.497 e. The molecule has 0 radical (unpaired) electrons. The summed E-state index contributed by atoms with van der Waals surface area (Å²) in [6.45, 7) is 1.89. The fourth-order valence-electron chi connectivity index (χ4n) is 3.72. The van der Waals surface area contributed by atoms with Gasteiger partial charge in [-0.05, 0) is 67.1 Å². The smallest absolute Gasteiger partial charge is 0.250 e. The van der Waals surface area contributed by atoms with E-state index >= 15 is 0 Å². The Morgan fingerprint density at radius 2 is 1.45 bits per heavy atom. The van der Waals surface area contributed by atoms with Crippen LogP contribution in [0.4, 0.5) is 5.69 Å². The van der Waals surface area contributed by atoms with Crippen molar-refractivity contribution in [2.45, 2.75) is 23.8 Å². The summed E-state index contributed by atoms with van der Waals surface area (Å²) >= 11 is 1.20. The van der Waals surface area contributed by atoms with Crippen molar-refractivity contribution in [2.75, 3.05) is 19.5 Å². The van der Waals surface area contributed by atoms with Gasteiger partial charge in [0.15, 0.2) is 0 Å². The summed E-state index contributed by atoms with van der Waals surface area (Å²) in [7, 11) is 3.22. The van der Waals surface area contributed by atoms with Gasteiger partial charge in [-0.3, -0.25) is 9.59 Å². The molecule has 0 bridgehead atoms. The predicted molar refractivity (Wildman–Crippen MR) is 147 cm³/mol. The van der Waals surface area contributed by atoms with E-state index in [0.29, 0.717) is 28.7 Å². The number of aromatic nitrogens is 3. The van der Waals surface area contributed by atoms with Gasteiger partial charge < -0.3 is 20.5 Å². The highest BCUT2D eigenvalue weighted by atomic mass is 32.2. The first-order chi connectivity index (χ1) is 18.4. The van der Waals surface area contributed by atoms with E-state index in [2.05, 4.69) is 15.5 Å². The number of para-hydroxylation sites is 1. The Bertz CT molecular complexity index is 1430. The number of hydrogen-bond acceptors (Lipinski definition) is 8. The summed E-state index contributed by atoms with van der Waals surface area (Å²) in [6.07, 6.45) is 0.497. The summed E-state index contributed by atoms with van der Waals surface area (Å²) in [5.74, 6) is 0.533. The second-order valence-corrected chi connectivity index (χ2v) is 9.33. The van der Waals surface area contributed by atoms with Gasteiger partial charge in [-0.15, -0.1) is 10.2 Å². The number of primary amides is 1. The van der Waals surface area contributed by atoms with Crippen molar-refractivity contribution in [3.63, 3.8) is 0 Å². The number of ether oxygens (including phenoxy) is 2. The van der Waals surface area contributed by atoms with Crippen LogP contribution in [0.1, 0.15) is 23.7 Å². The quantitative estimate of drug-likeness (QED) is 0.280. The van der Waals surface area contributed by atoms with Crippen LogP contribution in [0.25, 0.3) is 22.5 Å². The maximum Gasteiger partial charge on any atom is 0.250 e. The van der Waals surface area contributed by atoms with Gasteiger partial charge in [-0.2, -0.15) is 0 Å². The molecule has 0 aliphatic carbocycles. The summed E-state index contributed by atoms with van der Waals surface area (Å²) in [6, 6.07) is 21.6. The molecule has 0 aliphatic rings. The zero-order chi connectivity index (χ0) is 27.1. The van der Waals surface area contributed by atoms with Gasteiger partial charge in [0.05, 0.1) is 30.7 Å². The van der Waals surface area contributed by atoms with Gasteiger partial charge in [-0.25, -0.2) is 4.98 Å². The minimum absolute atomic E-state index is 0.240. The van der Waals surface area contributed by atoms with E-state index in [1.54, 1.807) is 38.5 Å². The first-order valence-corrected chi connectivity index (χ1v) is 12.7. The molecule has 3 aromatic carbocycles. The van der Waals surface area contributed by atoms with Gasteiger partial charge >= 0.3 is 0 Å². The van der Waals surface area contributed by atoms with Crippen LogP contribution in [0.3, 0.4) is 0 Å². The van der Waals surface area contributed by atoms with E-state index in [-0.39, 0.29) is 11.5 Å². The summed E-state index contributed by atoms with van der Waals surface area (Å²) in [5, 5.41) is 11.4. The van der Waals surface area contributed by atoms with Crippen LogP contribution in [0.2, 0.25) is 0 Å². The van der Waals surface area contributed by atoms with Crippen molar-refractivity contribution in [3.05, 3.63) is 78.4 Å². The highest BCUT2D eigenvalue weighted by Crippen LogP contribution is 2.33. The van der Waals surface area contributed by atoms with Crippen LogP contribution in [-0.2, 0) is 4.79 Å². The number of nitrogens with two attached hydrogens (primary N) is 1. The lowest BCUT2D eigenvalue weighted by Crippen LogP contribution is -2.26. The Balaban J connectivity index is 1.66. The SMILES string of the molecule is CCC(Sc1nnc(-c2ccc(OC)cc2)c(-c2ccc(OC)cc2)n1)C(=O)Nc1ccccc1C(N)=O. The third-order valence-electron chi connectivity index (χ3n) is 5.76. The Kier molecular flexibility index (Phi) is 8.55. The third-order valence-corrected chi connectivity index (χ3v) is 6.97. The number of nitrogens with zero attached hydrogens (tertiary/aromatic N) is 3. The van der Waals surface area contributed by atoms with Crippen molar-refractivity contribution in [2.24, 2.45) is 5.73 Å². The number of benzene rings is 3. The fourth-order valence-corrected chi connectivity index (χ4v) is 4.54. The number of nitrogens with one attached hydrogen (secondary N) is 1. The topological polar surface area (TPSA) is 129 Å². The number of rotatable bonds is 10. The summed E-state index contributed by atoms with van der Waals surface area (Å²) < 4.78 is 10.6. The number of anilines is 1.